The number of piperazine rings is 1. The van der Waals surface area contributed by atoms with Crippen LogP contribution in [0, 0.1) is 0 Å². The summed E-state index contributed by atoms with van der Waals surface area (Å²) in [5.41, 5.74) is 0.794. The summed E-state index contributed by atoms with van der Waals surface area (Å²) < 4.78 is 31.9. The highest BCUT2D eigenvalue weighted by molar-refractivity contribution is 7.92. The van der Waals surface area contributed by atoms with Crippen LogP contribution in [0.3, 0.4) is 0 Å². The molecule has 0 atom stereocenters. The van der Waals surface area contributed by atoms with E-state index in [0.29, 0.717) is 44.0 Å². The van der Waals surface area contributed by atoms with Gasteiger partial charge in [0.1, 0.15) is 0 Å². The summed E-state index contributed by atoms with van der Waals surface area (Å²) in [6.07, 6.45) is -0.376. The van der Waals surface area contributed by atoms with Crippen molar-refractivity contribution in [2.45, 2.75) is 11.8 Å². The number of sulfonamides is 1. The molecule has 8 nitrogen and oxygen atoms in total. The number of ether oxygens (including phenoxy) is 1. The molecular weight excluding hydrogens is 406 g/mol. The van der Waals surface area contributed by atoms with Gasteiger partial charge in [0.25, 0.3) is 15.9 Å². The molecule has 0 N–H and O–H groups in total. The monoisotopic (exact) mass is 431 g/mol. The fourth-order valence-corrected chi connectivity index (χ4v) is 4.42. The quantitative estimate of drug-likeness (QED) is 0.726. The second-order valence-electron chi connectivity index (χ2n) is 6.81. The van der Waals surface area contributed by atoms with Crippen LogP contribution in [-0.4, -0.2) is 70.1 Å². The Morgan fingerprint density at radius 1 is 0.967 bits per heavy atom. The van der Waals surface area contributed by atoms with Gasteiger partial charge in [-0.2, -0.15) is 0 Å². The largest absolute Gasteiger partial charge is 0.450 e. The van der Waals surface area contributed by atoms with Crippen molar-refractivity contribution >= 4 is 27.7 Å². The topological polar surface area (TPSA) is 87.2 Å². The summed E-state index contributed by atoms with van der Waals surface area (Å²) in [5, 5.41) is 0. The average molecular weight is 432 g/mol. The number of carbonyl (C=O) groups is 2. The van der Waals surface area contributed by atoms with Crippen molar-refractivity contribution in [2.75, 3.05) is 44.1 Å². The summed E-state index contributed by atoms with van der Waals surface area (Å²) >= 11 is 0. The number of carbonyl (C=O) groups excluding carboxylic acids is 2. The van der Waals surface area contributed by atoms with E-state index in [4.69, 9.17) is 4.74 Å². The number of anilines is 1. The van der Waals surface area contributed by atoms with Gasteiger partial charge in [-0.25, -0.2) is 13.2 Å². The van der Waals surface area contributed by atoms with Crippen molar-refractivity contribution in [3.63, 3.8) is 0 Å². The van der Waals surface area contributed by atoms with Crippen LogP contribution < -0.4 is 4.31 Å². The van der Waals surface area contributed by atoms with Crippen LogP contribution in [-0.2, 0) is 14.8 Å². The van der Waals surface area contributed by atoms with Crippen molar-refractivity contribution in [3.8, 4) is 0 Å². The number of benzene rings is 2. The predicted molar refractivity (Wildman–Crippen MR) is 113 cm³/mol. The molecule has 1 saturated heterocycles. The van der Waals surface area contributed by atoms with Crippen LogP contribution >= 0.6 is 0 Å². The molecule has 0 unspecified atom stereocenters. The van der Waals surface area contributed by atoms with Crippen LogP contribution in [0.1, 0.15) is 17.3 Å². The first kappa shape index (κ1) is 21.6. The average Bonchev–Trinajstić information content (AvgIpc) is 2.79. The number of amides is 2. The molecule has 0 spiro atoms. The second-order valence-corrected chi connectivity index (χ2v) is 8.78. The van der Waals surface area contributed by atoms with E-state index in [2.05, 4.69) is 0 Å². The lowest BCUT2D eigenvalue weighted by Crippen LogP contribution is -2.50. The molecule has 1 heterocycles. The summed E-state index contributed by atoms with van der Waals surface area (Å²) in [6, 6.07) is 14.7. The molecule has 0 saturated carbocycles. The molecule has 1 aliphatic rings. The Morgan fingerprint density at radius 3 is 2.23 bits per heavy atom. The Kier molecular flexibility index (Phi) is 6.61. The Morgan fingerprint density at radius 2 is 1.60 bits per heavy atom. The maximum atomic E-state index is 12.9. The lowest BCUT2D eigenvalue weighted by Gasteiger charge is -2.34. The molecule has 160 valence electrons. The second kappa shape index (κ2) is 9.17. The first-order valence-electron chi connectivity index (χ1n) is 9.69. The van der Waals surface area contributed by atoms with E-state index in [9.17, 15) is 18.0 Å². The van der Waals surface area contributed by atoms with Crippen molar-refractivity contribution in [2.24, 2.45) is 0 Å². The van der Waals surface area contributed by atoms with Gasteiger partial charge in [-0.15, -0.1) is 0 Å². The van der Waals surface area contributed by atoms with E-state index < -0.39 is 10.0 Å². The van der Waals surface area contributed by atoms with Crippen LogP contribution in [0.5, 0.6) is 0 Å². The summed E-state index contributed by atoms with van der Waals surface area (Å²) in [5.74, 6) is -0.203. The molecule has 1 fully saturated rings. The zero-order chi connectivity index (χ0) is 21.7. The molecule has 0 aromatic heterocycles. The van der Waals surface area contributed by atoms with E-state index in [1.54, 1.807) is 59.2 Å². The van der Waals surface area contributed by atoms with Crippen LogP contribution in [0.2, 0.25) is 0 Å². The lowest BCUT2D eigenvalue weighted by molar-refractivity contribution is 0.0570. The fourth-order valence-electron chi connectivity index (χ4n) is 3.21. The third kappa shape index (κ3) is 4.56. The maximum Gasteiger partial charge on any atom is 0.409 e. The van der Waals surface area contributed by atoms with Crippen LogP contribution in [0.15, 0.2) is 59.5 Å². The van der Waals surface area contributed by atoms with Crippen LogP contribution in [0.4, 0.5) is 10.5 Å². The molecule has 1 aliphatic heterocycles. The molecule has 3 rings (SSSR count). The number of hydrogen-bond donors (Lipinski definition) is 0. The molecule has 0 bridgehead atoms. The predicted octanol–water partition coefficient (Wildman–Crippen LogP) is 2.43. The minimum atomic E-state index is -3.73. The van der Waals surface area contributed by atoms with E-state index >= 15 is 0 Å². The van der Waals surface area contributed by atoms with Gasteiger partial charge in [0.05, 0.1) is 17.2 Å². The van der Waals surface area contributed by atoms with E-state index in [1.807, 2.05) is 0 Å². The third-order valence-electron chi connectivity index (χ3n) is 4.95. The van der Waals surface area contributed by atoms with Gasteiger partial charge in [0.15, 0.2) is 0 Å². The number of nitrogens with zero attached hydrogens (tertiary/aromatic N) is 3. The van der Waals surface area contributed by atoms with Crippen molar-refractivity contribution < 1.29 is 22.7 Å². The standard InChI is InChI=1S/C21H25N3O5S/c1-3-29-21(26)24-14-12-23(13-15-24)20(25)17-8-7-9-18(16-17)22(2)30(27,28)19-10-5-4-6-11-19/h4-11,16H,3,12-15H2,1-2H3. The van der Waals surface area contributed by atoms with Gasteiger partial charge in [0, 0.05) is 38.8 Å². The van der Waals surface area contributed by atoms with Crippen molar-refractivity contribution in [3.05, 3.63) is 60.2 Å². The normalized spacial score (nSPS) is 14.3. The highest BCUT2D eigenvalue weighted by Crippen LogP contribution is 2.23. The molecular formula is C21H25N3O5S. The Balaban J connectivity index is 1.73. The fraction of sp³-hybridized carbons (Fsp3) is 0.333. The number of rotatable bonds is 5. The Bertz CT molecular complexity index is 1000. The number of hydrogen-bond acceptors (Lipinski definition) is 5. The van der Waals surface area contributed by atoms with Gasteiger partial charge in [0.2, 0.25) is 0 Å². The summed E-state index contributed by atoms with van der Waals surface area (Å²) in [6.45, 7) is 3.63. The van der Waals surface area contributed by atoms with Gasteiger partial charge in [-0.3, -0.25) is 9.10 Å². The highest BCUT2D eigenvalue weighted by atomic mass is 32.2. The van der Waals surface area contributed by atoms with Crippen molar-refractivity contribution in [1.29, 1.82) is 0 Å². The van der Waals surface area contributed by atoms with Gasteiger partial charge in [-0.05, 0) is 37.3 Å². The smallest absolute Gasteiger partial charge is 0.409 e. The lowest BCUT2D eigenvalue weighted by atomic mass is 10.1. The van der Waals surface area contributed by atoms with Crippen molar-refractivity contribution in [1.82, 2.24) is 9.80 Å². The summed E-state index contributed by atoms with van der Waals surface area (Å²) in [4.78, 5) is 28.1. The molecule has 2 amide bonds. The molecule has 30 heavy (non-hydrogen) atoms. The van der Waals surface area contributed by atoms with Gasteiger partial charge >= 0.3 is 6.09 Å². The highest BCUT2D eigenvalue weighted by Gasteiger charge is 2.26. The first-order valence-corrected chi connectivity index (χ1v) is 11.1. The van der Waals surface area contributed by atoms with Crippen LogP contribution in [0.25, 0.3) is 0 Å². The molecule has 0 aliphatic carbocycles. The van der Waals surface area contributed by atoms with E-state index in [-0.39, 0.29) is 16.9 Å². The molecule has 9 heteroatoms. The van der Waals surface area contributed by atoms with E-state index in [1.165, 1.54) is 19.2 Å². The maximum absolute atomic E-state index is 12.9. The third-order valence-corrected chi connectivity index (χ3v) is 6.75. The minimum absolute atomic E-state index is 0.180. The minimum Gasteiger partial charge on any atom is -0.450 e. The molecule has 0 radical (unpaired) electrons. The first-order chi connectivity index (χ1) is 14.3. The molecule has 2 aromatic carbocycles. The Hall–Kier alpha value is -3.07. The SMILES string of the molecule is CCOC(=O)N1CCN(C(=O)c2cccc(N(C)S(=O)(=O)c3ccccc3)c2)CC1. The zero-order valence-corrected chi connectivity index (χ0v) is 17.8. The summed E-state index contributed by atoms with van der Waals surface area (Å²) in [7, 11) is -2.27. The molecule has 2 aromatic rings. The zero-order valence-electron chi connectivity index (χ0n) is 17.0. The Labute approximate surface area is 176 Å². The van der Waals surface area contributed by atoms with Gasteiger partial charge < -0.3 is 14.5 Å². The van der Waals surface area contributed by atoms with Gasteiger partial charge in [-0.1, -0.05) is 24.3 Å². The van der Waals surface area contributed by atoms with E-state index in [0.717, 1.165) is 4.31 Å².